The number of para-hydroxylation sites is 1. The summed E-state index contributed by atoms with van der Waals surface area (Å²) in [5.74, 6) is 1.60. The first kappa shape index (κ1) is 18.2. The minimum Gasteiger partial charge on any atom is -0.457 e. The van der Waals surface area contributed by atoms with Crippen molar-refractivity contribution in [2.24, 2.45) is 0 Å². The normalized spacial score (nSPS) is 13.8. The molecule has 0 spiro atoms. The Hall–Kier alpha value is -3.86. The summed E-state index contributed by atoms with van der Waals surface area (Å²) in [6.45, 7) is 4.96. The maximum atomic E-state index is 11.7. The van der Waals surface area contributed by atoms with E-state index < -0.39 is 0 Å². The number of benzene rings is 2. The summed E-state index contributed by atoms with van der Waals surface area (Å²) in [6.07, 6.45) is 5.32. The second-order valence-corrected chi connectivity index (χ2v) is 7.39. The molecule has 4 aromatic rings. The monoisotopic (exact) mass is 395 g/mol. The van der Waals surface area contributed by atoms with Crippen molar-refractivity contribution in [3.8, 4) is 22.6 Å². The minimum absolute atomic E-state index is 0.0145. The molecule has 5 rings (SSSR count). The fraction of sp³-hybridized carbons (Fsp3) is 0.120. The van der Waals surface area contributed by atoms with Gasteiger partial charge in [0.1, 0.15) is 11.5 Å². The third-order valence-electron chi connectivity index (χ3n) is 5.48. The molecule has 0 N–H and O–H groups in total. The van der Waals surface area contributed by atoms with Gasteiger partial charge in [-0.2, -0.15) is 0 Å². The van der Waals surface area contributed by atoms with Crippen molar-refractivity contribution in [2.45, 2.75) is 6.04 Å². The van der Waals surface area contributed by atoms with Crippen molar-refractivity contribution < 1.29 is 9.53 Å². The summed E-state index contributed by atoms with van der Waals surface area (Å²) in [4.78, 5) is 18.2. The molecule has 1 aliphatic rings. The maximum absolute atomic E-state index is 11.7. The fourth-order valence-electron chi connectivity index (χ4n) is 3.79. The van der Waals surface area contributed by atoms with Crippen LogP contribution in [-0.4, -0.2) is 33.4 Å². The third kappa shape index (κ3) is 3.35. The number of hydrogen-bond donors (Lipinski definition) is 0. The standard InChI is InChI=1S/C25H21N3O2/c1-2-25(29)27-16-20(17-27)28-13-12-23-24(28)14-19(15-26-23)18-8-10-22(11-9-18)30-21-6-4-3-5-7-21/h2-15,20H,1,16-17H2. The van der Waals surface area contributed by atoms with Gasteiger partial charge in [0.2, 0.25) is 5.91 Å². The molecule has 2 aromatic heterocycles. The molecule has 1 saturated heterocycles. The molecule has 2 aromatic carbocycles. The predicted molar refractivity (Wildman–Crippen MR) is 117 cm³/mol. The summed E-state index contributed by atoms with van der Waals surface area (Å²) in [7, 11) is 0. The number of likely N-dealkylation sites (tertiary alicyclic amines) is 1. The lowest BCUT2D eigenvalue weighted by Crippen LogP contribution is -2.49. The zero-order valence-corrected chi connectivity index (χ0v) is 16.4. The van der Waals surface area contributed by atoms with Gasteiger partial charge in [-0.1, -0.05) is 36.9 Å². The molecule has 0 unspecified atom stereocenters. The van der Waals surface area contributed by atoms with E-state index in [-0.39, 0.29) is 11.9 Å². The van der Waals surface area contributed by atoms with Gasteiger partial charge in [-0.05, 0) is 48.0 Å². The van der Waals surface area contributed by atoms with Crippen molar-refractivity contribution >= 4 is 16.9 Å². The Morgan fingerprint density at radius 3 is 2.47 bits per heavy atom. The average Bonchev–Trinajstić information content (AvgIpc) is 3.17. The summed E-state index contributed by atoms with van der Waals surface area (Å²) >= 11 is 0. The largest absolute Gasteiger partial charge is 0.457 e. The molecule has 5 nitrogen and oxygen atoms in total. The van der Waals surface area contributed by atoms with E-state index in [9.17, 15) is 4.79 Å². The summed E-state index contributed by atoms with van der Waals surface area (Å²) < 4.78 is 8.09. The first-order chi connectivity index (χ1) is 14.7. The van der Waals surface area contributed by atoms with E-state index in [0.29, 0.717) is 13.1 Å². The summed E-state index contributed by atoms with van der Waals surface area (Å²) in [6, 6.07) is 22.2. The molecular weight excluding hydrogens is 374 g/mol. The Morgan fingerprint density at radius 2 is 1.73 bits per heavy atom. The molecule has 3 heterocycles. The van der Waals surface area contributed by atoms with Gasteiger partial charge in [-0.3, -0.25) is 9.78 Å². The first-order valence-electron chi connectivity index (χ1n) is 9.92. The van der Waals surface area contributed by atoms with E-state index in [2.05, 4.69) is 28.4 Å². The number of fused-ring (bicyclic) bond motifs is 1. The van der Waals surface area contributed by atoms with Crippen molar-refractivity contribution in [1.29, 1.82) is 0 Å². The summed E-state index contributed by atoms with van der Waals surface area (Å²) in [5.41, 5.74) is 4.16. The van der Waals surface area contributed by atoms with Crippen LogP contribution in [0.25, 0.3) is 22.2 Å². The van der Waals surface area contributed by atoms with Gasteiger partial charge in [0.25, 0.3) is 0 Å². The van der Waals surface area contributed by atoms with Crippen LogP contribution in [0.3, 0.4) is 0 Å². The lowest BCUT2D eigenvalue weighted by atomic mass is 10.1. The maximum Gasteiger partial charge on any atom is 0.246 e. The molecule has 0 radical (unpaired) electrons. The summed E-state index contributed by atoms with van der Waals surface area (Å²) in [5, 5.41) is 0. The second-order valence-electron chi connectivity index (χ2n) is 7.39. The zero-order valence-electron chi connectivity index (χ0n) is 16.4. The van der Waals surface area contributed by atoms with Crippen LogP contribution in [0, 0.1) is 0 Å². The molecule has 30 heavy (non-hydrogen) atoms. The SMILES string of the molecule is C=CC(=O)N1CC(n2ccc3ncc(-c4ccc(Oc5ccccc5)cc4)cc32)C1. The van der Waals surface area contributed by atoms with E-state index in [1.807, 2.05) is 66.9 Å². The van der Waals surface area contributed by atoms with Gasteiger partial charge in [0.15, 0.2) is 0 Å². The molecular formula is C25H21N3O2. The number of carbonyl (C=O) groups excluding carboxylic acids is 1. The highest BCUT2D eigenvalue weighted by atomic mass is 16.5. The van der Waals surface area contributed by atoms with Crippen LogP contribution in [0.4, 0.5) is 0 Å². The van der Waals surface area contributed by atoms with Gasteiger partial charge in [-0.15, -0.1) is 0 Å². The molecule has 1 aliphatic heterocycles. The number of carbonyl (C=O) groups is 1. The Morgan fingerprint density at radius 1 is 1.00 bits per heavy atom. The van der Waals surface area contributed by atoms with Crippen LogP contribution in [0.15, 0.2) is 91.8 Å². The van der Waals surface area contributed by atoms with E-state index in [1.165, 1.54) is 6.08 Å². The quantitative estimate of drug-likeness (QED) is 0.444. The van der Waals surface area contributed by atoms with E-state index >= 15 is 0 Å². The predicted octanol–water partition coefficient (Wildman–Crippen LogP) is 5.06. The van der Waals surface area contributed by atoms with Crippen molar-refractivity contribution in [3.05, 3.63) is 91.8 Å². The van der Waals surface area contributed by atoms with E-state index in [1.54, 1.807) is 4.90 Å². The Kier molecular flexibility index (Phi) is 4.56. The van der Waals surface area contributed by atoms with Gasteiger partial charge in [-0.25, -0.2) is 0 Å². The molecule has 0 aliphatic carbocycles. The van der Waals surface area contributed by atoms with Crippen LogP contribution in [0.5, 0.6) is 11.5 Å². The number of nitrogens with zero attached hydrogens (tertiary/aromatic N) is 3. The molecule has 0 atom stereocenters. The minimum atomic E-state index is -0.0145. The first-order valence-corrected chi connectivity index (χ1v) is 9.92. The highest BCUT2D eigenvalue weighted by Crippen LogP contribution is 2.30. The second kappa shape index (κ2) is 7.52. The van der Waals surface area contributed by atoms with Gasteiger partial charge < -0.3 is 14.2 Å². The van der Waals surface area contributed by atoms with Gasteiger partial charge in [0, 0.05) is 31.0 Å². The number of pyridine rings is 1. The van der Waals surface area contributed by atoms with E-state index in [4.69, 9.17) is 4.74 Å². The number of aromatic nitrogens is 2. The number of ether oxygens (including phenoxy) is 1. The average molecular weight is 395 g/mol. The number of hydrogen-bond acceptors (Lipinski definition) is 3. The lowest BCUT2D eigenvalue weighted by Gasteiger charge is -2.39. The highest BCUT2D eigenvalue weighted by Gasteiger charge is 2.31. The van der Waals surface area contributed by atoms with Crippen molar-refractivity contribution in [2.75, 3.05) is 13.1 Å². The molecule has 5 heteroatoms. The topological polar surface area (TPSA) is 47.4 Å². The highest BCUT2D eigenvalue weighted by molar-refractivity contribution is 5.88. The molecule has 0 saturated carbocycles. The van der Waals surface area contributed by atoms with Crippen LogP contribution >= 0.6 is 0 Å². The van der Waals surface area contributed by atoms with Crippen LogP contribution in [0.2, 0.25) is 0 Å². The van der Waals surface area contributed by atoms with Crippen molar-refractivity contribution in [1.82, 2.24) is 14.5 Å². The smallest absolute Gasteiger partial charge is 0.246 e. The van der Waals surface area contributed by atoms with Crippen LogP contribution in [0.1, 0.15) is 6.04 Å². The molecule has 0 bridgehead atoms. The van der Waals surface area contributed by atoms with Gasteiger partial charge >= 0.3 is 0 Å². The Bertz CT molecular complexity index is 1210. The fourth-order valence-corrected chi connectivity index (χ4v) is 3.79. The Labute approximate surface area is 174 Å². The number of amides is 1. The van der Waals surface area contributed by atoms with E-state index in [0.717, 1.165) is 33.7 Å². The van der Waals surface area contributed by atoms with Gasteiger partial charge in [0.05, 0.1) is 17.1 Å². The Balaban J connectivity index is 1.37. The van der Waals surface area contributed by atoms with Crippen LogP contribution < -0.4 is 4.74 Å². The third-order valence-corrected chi connectivity index (χ3v) is 5.48. The van der Waals surface area contributed by atoms with Crippen molar-refractivity contribution in [3.63, 3.8) is 0 Å². The molecule has 1 amide bonds. The van der Waals surface area contributed by atoms with Crippen LogP contribution in [-0.2, 0) is 4.79 Å². The number of rotatable bonds is 5. The molecule has 148 valence electrons. The lowest BCUT2D eigenvalue weighted by molar-refractivity contribution is -0.131. The molecule has 1 fully saturated rings. The zero-order chi connectivity index (χ0) is 20.5.